The van der Waals surface area contributed by atoms with Gasteiger partial charge < -0.3 is 10.5 Å². The summed E-state index contributed by atoms with van der Waals surface area (Å²) in [5, 5.41) is 0. The first-order valence-corrected chi connectivity index (χ1v) is 3.85. The van der Waals surface area contributed by atoms with Crippen molar-refractivity contribution >= 4 is 16.7 Å². The summed E-state index contributed by atoms with van der Waals surface area (Å²) in [4.78, 5) is 10.3. The van der Waals surface area contributed by atoms with Crippen molar-refractivity contribution in [1.82, 2.24) is 0 Å². The number of rotatable bonds is 3. The molecule has 6 heteroatoms. The fourth-order valence-corrected chi connectivity index (χ4v) is 0.485. The Morgan fingerprint density at radius 2 is 2.20 bits per heavy atom. The van der Waals surface area contributed by atoms with Gasteiger partial charge in [0.25, 0.3) is 0 Å². The summed E-state index contributed by atoms with van der Waals surface area (Å²) in [7, 11) is -2.70. The lowest BCUT2D eigenvalue weighted by Crippen LogP contribution is -2.22. The van der Waals surface area contributed by atoms with Crippen molar-refractivity contribution in [3.8, 4) is 0 Å². The molecule has 10 heavy (non-hydrogen) atoms. The van der Waals surface area contributed by atoms with E-state index in [9.17, 15) is 13.2 Å². The van der Waals surface area contributed by atoms with E-state index in [0.717, 1.165) is 0 Å². The molecule has 0 aliphatic carbocycles. The van der Waals surface area contributed by atoms with Gasteiger partial charge in [0.05, 0.1) is 6.54 Å². The van der Waals surface area contributed by atoms with Crippen molar-refractivity contribution in [3.63, 3.8) is 0 Å². The molecule has 0 saturated heterocycles. The van der Waals surface area contributed by atoms with Crippen LogP contribution in [0.25, 0.3) is 0 Å². The highest BCUT2D eigenvalue weighted by Gasteiger charge is 2.08. The van der Waals surface area contributed by atoms with E-state index in [1.54, 1.807) is 0 Å². The summed E-state index contributed by atoms with van der Waals surface area (Å²) in [5.41, 5.74) is 3.77. The highest BCUT2D eigenvalue weighted by molar-refractivity contribution is 7.72. The fraction of sp³-hybridized carbons (Fsp3) is 0.750. The maximum atomic E-state index is 10.3. The van der Waals surface area contributed by atoms with Crippen molar-refractivity contribution in [3.05, 3.63) is 0 Å². The number of nitrogens with two attached hydrogens (primary N) is 1. The van der Waals surface area contributed by atoms with Crippen LogP contribution in [0.1, 0.15) is 6.92 Å². The number of hydrogen-bond donors (Lipinski definition) is 2. The molecule has 0 saturated carbocycles. The molecular weight excluding hydrogens is 158 g/mol. The maximum absolute atomic E-state index is 10.3. The molecule has 0 aliphatic heterocycles. The Morgan fingerprint density at radius 1 is 1.70 bits per heavy atom. The van der Waals surface area contributed by atoms with E-state index in [0.29, 0.717) is 0 Å². The van der Waals surface area contributed by atoms with Crippen LogP contribution < -0.4 is 5.73 Å². The first-order chi connectivity index (χ1) is 4.57. The molecule has 0 heterocycles. The number of thiol groups is 1. The van der Waals surface area contributed by atoms with Gasteiger partial charge in [0, 0.05) is 0 Å². The third kappa shape index (κ3) is 3.41. The summed E-state index contributed by atoms with van der Waals surface area (Å²) in [6, 6.07) is 0. The smallest absolute Gasteiger partial charge is 0.320 e. The van der Waals surface area contributed by atoms with Crippen LogP contribution in [-0.4, -0.2) is 26.4 Å². The SMILES string of the molecule is CC(OC(=O)CN)[SH](=O)=O. The van der Waals surface area contributed by atoms with E-state index in [1.807, 2.05) is 0 Å². The zero-order chi connectivity index (χ0) is 8.15. The Morgan fingerprint density at radius 3 is 2.50 bits per heavy atom. The van der Waals surface area contributed by atoms with Gasteiger partial charge in [0.2, 0.25) is 0 Å². The summed E-state index contributed by atoms with van der Waals surface area (Å²) in [6.45, 7) is 0.965. The molecule has 0 amide bonds. The van der Waals surface area contributed by atoms with Crippen molar-refractivity contribution in [2.75, 3.05) is 6.54 Å². The quantitative estimate of drug-likeness (QED) is 0.392. The molecule has 1 atom stereocenters. The monoisotopic (exact) mass is 167 g/mol. The molecule has 0 rings (SSSR count). The number of ether oxygens (including phenoxy) is 1. The molecule has 0 aliphatic rings. The second kappa shape index (κ2) is 4.24. The van der Waals surface area contributed by atoms with Gasteiger partial charge in [-0.1, -0.05) is 0 Å². The second-order valence-corrected chi connectivity index (χ2v) is 2.88. The number of carbonyl (C=O) groups is 1. The minimum atomic E-state index is -2.70. The van der Waals surface area contributed by atoms with E-state index in [1.165, 1.54) is 6.92 Å². The zero-order valence-corrected chi connectivity index (χ0v) is 6.34. The predicted molar refractivity (Wildman–Crippen MR) is 34.9 cm³/mol. The van der Waals surface area contributed by atoms with E-state index in [2.05, 4.69) is 4.74 Å². The van der Waals surface area contributed by atoms with E-state index in [-0.39, 0.29) is 6.54 Å². The minimum Gasteiger partial charge on any atom is -0.446 e. The molecule has 0 spiro atoms. The average molecular weight is 167 g/mol. The Kier molecular flexibility index (Phi) is 3.97. The van der Waals surface area contributed by atoms with Crippen molar-refractivity contribution < 1.29 is 17.9 Å². The highest BCUT2D eigenvalue weighted by Crippen LogP contribution is 1.89. The summed E-state index contributed by atoms with van der Waals surface area (Å²) in [6.07, 6.45) is 0. The standard InChI is InChI=1S/C4H9NO4S/c1-3(10(7)8)9-4(6)2-5/h3,10H,2,5H2,1H3. The Labute approximate surface area is 60.1 Å². The lowest BCUT2D eigenvalue weighted by Gasteiger charge is -2.03. The molecule has 0 aromatic rings. The first kappa shape index (κ1) is 9.38. The van der Waals surface area contributed by atoms with Crippen LogP contribution >= 0.6 is 0 Å². The zero-order valence-electron chi connectivity index (χ0n) is 5.44. The van der Waals surface area contributed by atoms with Gasteiger partial charge >= 0.3 is 5.97 Å². The van der Waals surface area contributed by atoms with E-state index >= 15 is 0 Å². The third-order valence-electron chi connectivity index (χ3n) is 0.766. The molecule has 0 bridgehead atoms. The molecule has 1 unspecified atom stereocenters. The normalized spacial score (nSPS) is 13.1. The first-order valence-electron chi connectivity index (χ1n) is 2.61. The lowest BCUT2D eigenvalue weighted by molar-refractivity contribution is -0.142. The van der Waals surface area contributed by atoms with Crippen LogP contribution in [0.3, 0.4) is 0 Å². The van der Waals surface area contributed by atoms with Gasteiger partial charge in [-0.3, -0.25) is 4.79 Å². The molecule has 60 valence electrons. The van der Waals surface area contributed by atoms with Gasteiger partial charge in [-0.15, -0.1) is 0 Å². The lowest BCUT2D eigenvalue weighted by atomic mass is 10.7. The summed E-state index contributed by atoms with van der Waals surface area (Å²) >= 11 is 0. The Hall–Kier alpha value is -0.620. The van der Waals surface area contributed by atoms with Gasteiger partial charge in [-0.25, -0.2) is 8.42 Å². The van der Waals surface area contributed by atoms with Crippen LogP contribution in [-0.2, 0) is 20.2 Å². The van der Waals surface area contributed by atoms with Crippen LogP contribution in [0, 0.1) is 0 Å². The van der Waals surface area contributed by atoms with Crippen LogP contribution in [0.15, 0.2) is 0 Å². The Balaban J connectivity index is 3.79. The fourth-order valence-electron chi connectivity index (χ4n) is 0.281. The predicted octanol–water partition coefficient (Wildman–Crippen LogP) is -1.55. The summed E-state index contributed by atoms with van der Waals surface area (Å²) in [5.74, 6) is -0.716. The third-order valence-corrected chi connectivity index (χ3v) is 1.46. The number of esters is 1. The maximum Gasteiger partial charge on any atom is 0.320 e. The minimum absolute atomic E-state index is 0.298. The van der Waals surface area contributed by atoms with Crippen LogP contribution in [0.5, 0.6) is 0 Å². The number of hydrogen-bond acceptors (Lipinski definition) is 5. The molecule has 2 N–H and O–H groups in total. The van der Waals surface area contributed by atoms with Crippen molar-refractivity contribution in [1.29, 1.82) is 0 Å². The topological polar surface area (TPSA) is 86.5 Å². The van der Waals surface area contributed by atoms with Gasteiger partial charge in [-0.2, -0.15) is 0 Å². The Bertz CT molecular complexity index is 180. The van der Waals surface area contributed by atoms with Crippen molar-refractivity contribution in [2.45, 2.75) is 12.4 Å². The van der Waals surface area contributed by atoms with Gasteiger partial charge in [-0.05, 0) is 6.92 Å². The van der Waals surface area contributed by atoms with Gasteiger partial charge in [0.15, 0.2) is 16.1 Å². The molecule has 0 aromatic heterocycles. The molecule has 0 radical (unpaired) electrons. The average Bonchev–Trinajstić information content (AvgIpc) is 1.87. The molecule has 5 nitrogen and oxygen atoms in total. The van der Waals surface area contributed by atoms with Gasteiger partial charge in [0.1, 0.15) is 0 Å². The molecule has 0 aromatic carbocycles. The van der Waals surface area contributed by atoms with Crippen molar-refractivity contribution in [2.24, 2.45) is 5.73 Å². The molecular formula is C4H9NO4S. The number of carbonyl (C=O) groups excluding carboxylic acids is 1. The highest BCUT2D eigenvalue weighted by atomic mass is 32.2. The van der Waals surface area contributed by atoms with Crippen LogP contribution in [0.2, 0.25) is 0 Å². The van der Waals surface area contributed by atoms with E-state index in [4.69, 9.17) is 5.73 Å². The largest absolute Gasteiger partial charge is 0.446 e. The second-order valence-electron chi connectivity index (χ2n) is 1.58. The molecule has 0 fully saturated rings. The van der Waals surface area contributed by atoms with E-state index < -0.39 is 22.1 Å². The van der Waals surface area contributed by atoms with Crippen LogP contribution in [0.4, 0.5) is 0 Å². The summed E-state index contributed by atoms with van der Waals surface area (Å²) < 4.78 is 24.4.